The van der Waals surface area contributed by atoms with E-state index in [1.165, 1.54) is 0 Å². The SMILES string of the molecule is CC[C@@H](c1cccc(OC(=O)N2CCCCC2CNC(=O)[C@H](CCCN=C(C)N)CC(=O)CC(=O)OC(C)(C)C)c1)[C@@H](C)CN(C)C. The van der Waals surface area contributed by atoms with E-state index in [-0.39, 0.29) is 30.7 Å². The van der Waals surface area contributed by atoms with Gasteiger partial charge in [-0.1, -0.05) is 26.0 Å². The number of amidine groups is 1. The number of rotatable bonds is 17. The maximum absolute atomic E-state index is 13.4. The van der Waals surface area contributed by atoms with Gasteiger partial charge in [0.25, 0.3) is 0 Å². The number of benzene rings is 1. The second kappa shape index (κ2) is 19.4. The lowest BCUT2D eigenvalue weighted by atomic mass is 9.85. The first kappa shape index (κ1) is 39.7. The second-order valence-corrected chi connectivity index (χ2v) is 14.2. The normalized spacial score (nSPS) is 17.5. The summed E-state index contributed by atoms with van der Waals surface area (Å²) >= 11 is 0. The van der Waals surface area contributed by atoms with Gasteiger partial charge in [0.1, 0.15) is 23.6 Å². The van der Waals surface area contributed by atoms with Gasteiger partial charge in [0.05, 0.1) is 11.9 Å². The van der Waals surface area contributed by atoms with Gasteiger partial charge in [-0.3, -0.25) is 19.4 Å². The number of nitrogens with one attached hydrogen (secondary N) is 1. The van der Waals surface area contributed by atoms with Crippen molar-refractivity contribution in [2.75, 3.05) is 40.3 Å². The molecule has 11 heteroatoms. The molecule has 2 amide bonds. The molecule has 0 bridgehead atoms. The fourth-order valence-electron chi connectivity index (χ4n) is 6.26. The number of ketones is 1. The molecule has 0 radical (unpaired) electrons. The minimum absolute atomic E-state index is 0.0882. The van der Waals surface area contributed by atoms with E-state index < -0.39 is 30.0 Å². The molecule has 1 aromatic rings. The van der Waals surface area contributed by atoms with Crippen molar-refractivity contribution in [3.8, 4) is 5.75 Å². The van der Waals surface area contributed by atoms with Crippen LogP contribution < -0.4 is 15.8 Å². The van der Waals surface area contributed by atoms with Crippen LogP contribution in [0.25, 0.3) is 0 Å². The molecular weight excluding hydrogens is 598 g/mol. The summed E-state index contributed by atoms with van der Waals surface area (Å²) in [5.41, 5.74) is 6.09. The van der Waals surface area contributed by atoms with Crippen molar-refractivity contribution >= 4 is 29.6 Å². The van der Waals surface area contributed by atoms with E-state index in [4.69, 9.17) is 15.2 Å². The molecule has 1 aliphatic rings. The van der Waals surface area contributed by atoms with Crippen LogP contribution in [0.1, 0.15) is 104 Å². The third kappa shape index (κ3) is 14.9. The molecule has 264 valence electrons. The molecule has 0 spiro atoms. The lowest BCUT2D eigenvalue weighted by Gasteiger charge is -2.35. The van der Waals surface area contributed by atoms with Crippen LogP contribution in [-0.4, -0.2) is 91.3 Å². The molecule has 1 fully saturated rings. The number of hydrogen-bond acceptors (Lipinski definition) is 8. The average molecular weight is 658 g/mol. The Morgan fingerprint density at radius 2 is 1.89 bits per heavy atom. The molecular formula is C36H59N5O6. The molecule has 1 saturated heterocycles. The minimum Gasteiger partial charge on any atom is -0.460 e. The van der Waals surface area contributed by atoms with Crippen molar-refractivity contribution in [3.05, 3.63) is 29.8 Å². The Bertz CT molecular complexity index is 1210. The van der Waals surface area contributed by atoms with Gasteiger partial charge in [-0.2, -0.15) is 0 Å². The topological polar surface area (TPSA) is 144 Å². The Hall–Kier alpha value is -3.47. The molecule has 47 heavy (non-hydrogen) atoms. The van der Waals surface area contributed by atoms with Crippen LogP contribution in [0.5, 0.6) is 5.75 Å². The Balaban J connectivity index is 2.07. The summed E-state index contributed by atoms with van der Waals surface area (Å²) in [6.45, 7) is 13.5. The Morgan fingerprint density at radius 1 is 1.17 bits per heavy atom. The number of ether oxygens (including phenoxy) is 2. The number of nitrogens with zero attached hydrogens (tertiary/aromatic N) is 3. The Kier molecular flexibility index (Phi) is 16.4. The van der Waals surface area contributed by atoms with E-state index in [9.17, 15) is 19.2 Å². The van der Waals surface area contributed by atoms with Crippen molar-refractivity contribution in [1.29, 1.82) is 0 Å². The van der Waals surface area contributed by atoms with Gasteiger partial charge in [0.2, 0.25) is 5.91 Å². The Labute approximate surface area is 282 Å². The summed E-state index contributed by atoms with van der Waals surface area (Å²) in [5, 5.41) is 2.99. The van der Waals surface area contributed by atoms with Gasteiger partial charge in [-0.05, 0) is 110 Å². The van der Waals surface area contributed by atoms with E-state index in [1.807, 2.05) is 12.1 Å². The summed E-state index contributed by atoms with van der Waals surface area (Å²) < 4.78 is 11.2. The van der Waals surface area contributed by atoms with Gasteiger partial charge < -0.3 is 30.3 Å². The Morgan fingerprint density at radius 3 is 2.53 bits per heavy atom. The number of hydrogen-bond donors (Lipinski definition) is 2. The highest BCUT2D eigenvalue weighted by Gasteiger charge is 2.31. The average Bonchev–Trinajstić information content (AvgIpc) is 2.96. The van der Waals surface area contributed by atoms with Gasteiger partial charge in [0.15, 0.2) is 0 Å². The van der Waals surface area contributed by atoms with Crippen molar-refractivity contribution < 1.29 is 28.7 Å². The highest BCUT2D eigenvalue weighted by molar-refractivity contribution is 5.97. The van der Waals surface area contributed by atoms with Gasteiger partial charge in [-0.25, -0.2) is 4.79 Å². The molecule has 1 aromatic carbocycles. The fourth-order valence-corrected chi connectivity index (χ4v) is 6.26. The zero-order chi connectivity index (χ0) is 35.1. The van der Waals surface area contributed by atoms with Crippen LogP contribution in [-0.2, 0) is 19.1 Å². The number of nitrogens with two attached hydrogens (primary N) is 1. The van der Waals surface area contributed by atoms with E-state index in [0.717, 1.165) is 37.8 Å². The van der Waals surface area contributed by atoms with Gasteiger partial charge in [-0.15, -0.1) is 0 Å². The smallest absolute Gasteiger partial charge is 0.415 e. The van der Waals surface area contributed by atoms with Crippen LogP contribution >= 0.6 is 0 Å². The maximum atomic E-state index is 13.4. The number of piperidine rings is 1. The van der Waals surface area contributed by atoms with Crippen LogP contribution in [0, 0.1) is 11.8 Å². The highest BCUT2D eigenvalue weighted by Crippen LogP contribution is 2.31. The molecule has 11 nitrogen and oxygen atoms in total. The lowest BCUT2D eigenvalue weighted by Crippen LogP contribution is -2.51. The van der Waals surface area contributed by atoms with E-state index in [1.54, 1.807) is 38.7 Å². The zero-order valence-corrected chi connectivity index (χ0v) is 30.0. The maximum Gasteiger partial charge on any atom is 0.415 e. The zero-order valence-electron chi connectivity index (χ0n) is 30.0. The van der Waals surface area contributed by atoms with Gasteiger partial charge in [0, 0.05) is 38.5 Å². The predicted octanol–water partition coefficient (Wildman–Crippen LogP) is 5.31. The predicted molar refractivity (Wildman–Crippen MR) is 186 cm³/mol. The molecule has 1 aliphatic heterocycles. The molecule has 3 N–H and O–H groups in total. The van der Waals surface area contributed by atoms with E-state index in [2.05, 4.69) is 49.2 Å². The number of likely N-dealkylation sites (tertiary alicyclic amines) is 1. The molecule has 0 aromatic heterocycles. The number of amides is 2. The largest absolute Gasteiger partial charge is 0.460 e. The van der Waals surface area contributed by atoms with Gasteiger partial charge >= 0.3 is 12.1 Å². The molecule has 0 saturated carbocycles. The second-order valence-electron chi connectivity index (χ2n) is 14.2. The number of esters is 1. The fraction of sp³-hybridized carbons (Fsp3) is 0.694. The first-order valence-corrected chi connectivity index (χ1v) is 17.1. The monoisotopic (exact) mass is 657 g/mol. The summed E-state index contributed by atoms with van der Waals surface area (Å²) in [7, 11) is 4.15. The summed E-state index contributed by atoms with van der Waals surface area (Å²) in [5.74, 6) is -0.174. The first-order valence-electron chi connectivity index (χ1n) is 17.1. The third-order valence-corrected chi connectivity index (χ3v) is 8.32. The number of carbonyl (C=O) groups excluding carboxylic acids is 4. The number of aliphatic imine (C=N–C) groups is 1. The van der Waals surface area contributed by atoms with Crippen molar-refractivity contribution in [3.63, 3.8) is 0 Å². The molecule has 4 atom stereocenters. The van der Waals surface area contributed by atoms with Crippen LogP contribution in [0.2, 0.25) is 0 Å². The molecule has 0 aliphatic carbocycles. The third-order valence-electron chi connectivity index (χ3n) is 8.32. The number of Topliss-reactive ketones (excluding diaryl/α,β-unsaturated/α-hetero) is 1. The lowest BCUT2D eigenvalue weighted by molar-refractivity contribution is -0.156. The summed E-state index contributed by atoms with van der Waals surface area (Å²) in [4.78, 5) is 59.9. The van der Waals surface area contributed by atoms with Crippen molar-refractivity contribution in [1.82, 2.24) is 15.1 Å². The first-order chi connectivity index (χ1) is 22.1. The molecule has 1 unspecified atom stereocenters. The van der Waals surface area contributed by atoms with Crippen LogP contribution in [0.3, 0.4) is 0 Å². The highest BCUT2D eigenvalue weighted by atomic mass is 16.6. The van der Waals surface area contributed by atoms with E-state index in [0.29, 0.717) is 49.4 Å². The number of carbonyl (C=O) groups is 4. The molecule has 1 heterocycles. The quantitative estimate of drug-likeness (QED) is 0.0754. The van der Waals surface area contributed by atoms with Crippen LogP contribution in [0.15, 0.2) is 29.3 Å². The summed E-state index contributed by atoms with van der Waals surface area (Å²) in [6.07, 6.45) is 3.53. The minimum atomic E-state index is -0.704. The molecule has 2 rings (SSSR count). The van der Waals surface area contributed by atoms with Crippen LogP contribution in [0.4, 0.5) is 4.79 Å². The standard InChI is InChI=1S/C36H59N5O6/c1-9-32(25(2)24-40(7)8)27-14-12-17-31(21-27)46-35(45)41-19-11-10-16-29(41)23-39-34(44)28(15-13-18-38-26(3)37)20-30(42)22-33(43)47-36(4,5)6/h12,14,17,21,25,28-29,32H,9-11,13,15-16,18-20,22-24H2,1-8H3,(H2,37,38)(H,39,44)/t25-,28+,29?,32+/m0/s1. The van der Waals surface area contributed by atoms with E-state index >= 15 is 0 Å². The summed E-state index contributed by atoms with van der Waals surface area (Å²) in [6, 6.07) is 7.56. The van der Waals surface area contributed by atoms with Crippen molar-refractivity contribution in [2.24, 2.45) is 22.6 Å². The van der Waals surface area contributed by atoms with Crippen molar-refractivity contribution in [2.45, 2.75) is 110 Å².